The highest BCUT2D eigenvalue weighted by Gasteiger charge is 2.29. The minimum absolute atomic E-state index is 0.166. The molecule has 0 spiro atoms. The van der Waals surface area contributed by atoms with E-state index in [1.54, 1.807) is 30.3 Å². The highest BCUT2D eigenvalue weighted by atomic mass is 32.2. The number of nitrogens with zero attached hydrogens (tertiary/aromatic N) is 3. The van der Waals surface area contributed by atoms with Crippen LogP contribution in [0.25, 0.3) is 0 Å². The molecule has 0 radical (unpaired) electrons. The van der Waals surface area contributed by atoms with Gasteiger partial charge in [0.1, 0.15) is 11.1 Å². The van der Waals surface area contributed by atoms with E-state index in [1.807, 2.05) is 4.90 Å². The zero-order chi connectivity index (χ0) is 20.4. The van der Waals surface area contributed by atoms with Crippen LogP contribution in [-0.4, -0.2) is 56.3 Å². The topological polar surface area (TPSA) is 93.5 Å². The SMILES string of the molecule is N#Cc1c(NC(=O)CN2CCN(S(=O)(=O)c3ccccc3)CC2)sc2c1CCC2. The summed E-state index contributed by atoms with van der Waals surface area (Å²) < 4.78 is 26.9. The van der Waals surface area contributed by atoms with Crippen LogP contribution in [0.3, 0.4) is 0 Å². The molecule has 1 fully saturated rings. The third-order valence-electron chi connectivity index (χ3n) is 5.37. The van der Waals surface area contributed by atoms with Gasteiger partial charge >= 0.3 is 0 Å². The quantitative estimate of drug-likeness (QED) is 0.784. The van der Waals surface area contributed by atoms with E-state index >= 15 is 0 Å². The number of carbonyl (C=O) groups excluding carboxylic acids is 1. The molecule has 2 heterocycles. The molecule has 1 amide bonds. The Hall–Kier alpha value is -2.25. The van der Waals surface area contributed by atoms with E-state index in [2.05, 4.69) is 11.4 Å². The summed E-state index contributed by atoms with van der Waals surface area (Å²) in [5, 5.41) is 13.0. The van der Waals surface area contributed by atoms with E-state index in [0.717, 1.165) is 24.8 Å². The minimum atomic E-state index is -3.50. The molecular formula is C20H22N4O3S2. The number of thiophene rings is 1. The number of rotatable bonds is 5. The van der Waals surface area contributed by atoms with Crippen molar-refractivity contribution in [2.45, 2.75) is 24.2 Å². The van der Waals surface area contributed by atoms with Crippen molar-refractivity contribution in [3.05, 3.63) is 46.3 Å². The molecule has 152 valence electrons. The summed E-state index contributed by atoms with van der Waals surface area (Å²) >= 11 is 1.50. The fourth-order valence-corrected chi connectivity index (χ4v) is 6.55. The van der Waals surface area contributed by atoms with E-state index in [1.165, 1.54) is 20.5 Å². The van der Waals surface area contributed by atoms with Crippen molar-refractivity contribution in [1.29, 1.82) is 5.26 Å². The number of nitrogens with one attached hydrogen (secondary N) is 1. The summed E-state index contributed by atoms with van der Waals surface area (Å²) in [6.07, 6.45) is 2.95. The Kier molecular flexibility index (Phi) is 5.69. The number of hydrogen-bond donors (Lipinski definition) is 1. The number of anilines is 1. The Balaban J connectivity index is 1.33. The Labute approximate surface area is 174 Å². The maximum Gasteiger partial charge on any atom is 0.243 e. The molecule has 1 aliphatic heterocycles. The van der Waals surface area contributed by atoms with Gasteiger partial charge in [0.05, 0.1) is 17.0 Å². The zero-order valence-corrected chi connectivity index (χ0v) is 17.6. The molecule has 1 aromatic heterocycles. The number of nitriles is 1. The number of hydrogen-bond acceptors (Lipinski definition) is 6. The largest absolute Gasteiger partial charge is 0.315 e. The molecule has 1 N–H and O–H groups in total. The second-order valence-corrected chi connectivity index (χ2v) is 10.3. The first kappa shape index (κ1) is 20.0. The fraction of sp³-hybridized carbons (Fsp3) is 0.400. The van der Waals surface area contributed by atoms with Crippen molar-refractivity contribution in [1.82, 2.24) is 9.21 Å². The van der Waals surface area contributed by atoms with E-state index in [9.17, 15) is 18.5 Å². The molecule has 4 rings (SSSR count). The number of amides is 1. The predicted molar refractivity (Wildman–Crippen MR) is 111 cm³/mol. The molecule has 29 heavy (non-hydrogen) atoms. The molecule has 0 bridgehead atoms. The van der Waals surface area contributed by atoms with Crippen LogP contribution in [0.15, 0.2) is 35.2 Å². The molecule has 1 aromatic carbocycles. The number of sulfonamides is 1. The average Bonchev–Trinajstić information content (AvgIpc) is 3.29. The van der Waals surface area contributed by atoms with E-state index in [-0.39, 0.29) is 12.5 Å². The first-order chi connectivity index (χ1) is 14.0. The molecule has 0 unspecified atom stereocenters. The van der Waals surface area contributed by atoms with Crippen LogP contribution in [0, 0.1) is 11.3 Å². The smallest absolute Gasteiger partial charge is 0.243 e. The number of aryl methyl sites for hydroxylation is 1. The number of carbonyl (C=O) groups is 1. The normalized spacial score (nSPS) is 17.6. The van der Waals surface area contributed by atoms with Gasteiger partial charge in [-0.3, -0.25) is 9.69 Å². The number of benzene rings is 1. The lowest BCUT2D eigenvalue weighted by Crippen LogP contribution is -2.50. The zero-order valence-electron chi connectivity index (χ0n) is 15.9. The maximum absolute atomic E-state index is 12.7. The van der Waals surface area contributed by atoms with Crippen molar-refractivity contribution < 1.29 is 13.2 Å². The second kappa shape index (κ2) is 8.24. The molecular weight excluding hydrogens is 408 g/mol. The van der Waals surface area contributed by atoms with Crippen molar-refractivity contribution in [3.8, 4) is 6.07 Å². The van der Waals surface area contributed by atoms with Crippen LogP contribution >= 0.6 is 11.3 Å². The van der Waals surface area contributed by atoms with Crippen molar-refractivity contribution in [2.75, 3.05) is 38.0 Å². The predicted octanol–water partition coefficient (Wildman–Crippen LogP) is 2.05. The first-order valence-corrected chi connectivity index (χ1v) is 11.9. The third kappa shape index (κ3) is 4.07. The number of fused-ring (bicyclic) bond motifs is 1. The standard InChI is InChI=1S/C20H22N4O3S2/c21-13-17-16-7-4-8-18(16)28-20(17)22-19(25)14-23-9-11-24(12-10-23)29(26,27)15-5-2-1-3-6-15/h1-3,5-6H,4,7-12,14H2,(H,22,25). The Morgan fingerprint density at radius 3 is 2.55 bits per heavy atom. The van der Waals surface area contributed by atoms with Crippen LogP contribution in [-0.2, 0) is 27.7 Å². The summed E-state index contributed by atoms with van der Waals surface area (Å²) in [7, 11) is -3.50. The summed E-state index contributed by atoms with van der Waals surface area (Å²) in [4.78, 5) is 15.9. The van der Waals surface area contributed by atoms with Gasteiger partial charge in [-0.05, 0) is 37.0 Å². The van der Waals surface area contributed by atoms with E-state index in [0.29, 0.717) is 41.6 Å². The Bertz CT molecular complexity index is 1050. The van der Waals surface area contributed by atoms with Gasteiger partial charge in [-0.25, -0.2) is 8.42 Å². The molecule has 1 saturated heterocycles. The maximum atomic E-state index is 12.7. The van der Waals surface area contributed by atoms with Gasteiger partial charge in [0, 0.05) is 31.1 Å². The molecule has 7 nitrogen and oxygen atoms in total. The lowest BCUT2D eigenvalue weighted by atomic mass is 10.1. The Morgan fingerprint density at radius 2 is 1.86 bits per heavy atom. The highest BCUT2D eigenvalue weighted by Crippen LogP contribution is 2.38. The fourth-order valence-electron chi connectivity index (χ4n) is 3.85. The van der Waals surface area contributed by atoms with Crippen LogP contribution in [0.2, 0.25) is 0 Å². The number of piperazine rings is 1. The molecule has 2 aliphatic rings. The van der Waals surface area contributed by atoms with Gasteiger partial charge < -0.3 is 5.32 Å². The van der Waals surface area contributed by atoms with Crippen LogP contribution in [0.1, 0.15) is 22.4 Å². The lowest BCUT2D eigenvalue weighted by molar-refractivity contribution is -0.117. The third-order valence-corrected chi connectivity index (χ3v) is 8.49. The average molecular weight is 431 g/mol. The molecule has 1 aliphatic carbocycles. The van der Waals surface area contributed by atoms with Gasteiger partial charge in [0.25, 0.3) is 0 Å². The van der Waals surface area contributed by atoms with Crippen LogP contribution in [0.4, 0.5) is 5.00 Å². The second-order valence-electron chi connectivity index (χ2n) is 7.21. The van der Waals surface area contributed by atoms with Crippen LogP contribution < -0.4 is 5.32 Å². The van der Waals surface area contributed by atoms with E-state index in [4.69, 9.17) is 0 Å². The van der Waals surface area contributed by atoms with Gasteiger partial charge in [-0.1, -0.05) is 18.2 Å². The van der Waals surface area contributed by atoms with Gasteiger partial charge in [-0.15, -0.1) is 11.3 Å². The van der Waals surface area contributed by atoms with Crippen molar-refractivity contribution in [3.63, 3.8) is 0 Å². The monoisotopic (exact) mass is 430 g/mol. The van der Waals surface area contributed by atoms with Gasteiger partial charge in [0.15, 0.2) is 0 Å². The van der Waals surface area contributed by atoms with Crippen LogP contribution in [0.5, 0.6) is 0 Å². The summed E-state index contributed by atoms with van der Waals surface area (Å²) in [5.41, 5.74) is 1.70. The molecule has 9 heteroatoms. The van der Waals surface area contributed by atoms with Crippen molar-refractivity contribution in [2.24, 2.45) is 0 Å². The Morgan fingerprint density at radius 1 is 1.14 bits per heavy atom. The first-order valence-electron chi connectivity index (χ1n) is 9.61. The summed E-state index contributed by atoms with van der Waals surface area (Å²) in [6.45, 7) is 1.87. The molecule has 0 atom stereocenters. The van der Waals surface area contributed by atoms with Gasteiger partial charge in [0.2, 0.25) is 15.9 Å². The highest BCUT2D eigenvalue weighted by molar-refractivity contribution is 7.89. The van der Waals surface area contributed by atoms with Gasteiger partial charge in [-0.2, -0.15) is 9.57 Å². The lowest BCUT2D eigenvalue weighted by Gasteiger charge is -2.33. The minimum Gasteiger partial charge on any atom is -0.315 e. The molecule has 0 saturated carbocycles. The summed E-state index contributed by atoms with van der Waals surface area (Å²) in [6, 6.07) is 10.6. The summed E-state index contributed by atoms with van der Waals surface area (Å²) in [5.74, 6) is -0.166. The van der Waals surface area contributed by atoms with Crippen molar-refractivity contribution >= 4 is 32.3 Å². The van der Waals surface area contributed by atoms with E-state index < -0.39 is 10.0 Å². The molecule has 2 aromatic rings.